The second-order valence-corrected chi connectivity index (χ2v) is 5.62. The van der Waals surface area contributed by atoms with Gasteiger partial charge < -0.3 is 16.0 Å². The number of anilines is 2. The molecule has 2 fully saturated rings. The predicted molar refractivity (Wildman–Crippen MR) is 76.5 cm³/mol. The Bertz CT molecular complexity index is 517. The van der Waals surface area contributed by atoms with E-state index in [-0.39, 0.29) is 11.5 Å². The molecule has 1 aromatic rings. The smallest absolute Gasteiger partial charge is 0.311 e. The Morgan fingerprint density at radius 1 is 1.45 bits per heavy atom. The average molecular weight is 277 g/mol. The molecule has 1 aliphatic heterocycles. The Morgan fingerprint density at radius 3 is 2.90 bits per heavy atom. The maximum Gasteiger partial charge on any atom is 0.311 e. The van der Waals surface area contributed by atoms with Crippen molar-refractivity contribution in [1.82, 2.24) is 9.88 Å². The van der Waals surface area contributed by atoms with Crippen LogP contribution in [0.5, 0.6) is 0 Å². The highest BCUT2D eigenvalue weighted by Gasteiger charge is 2.34. The van der Waals surface area contributed by atoms with Crippen LogP contribution in [0.2, 0.25) is 0 Å². The fourth-order valence-electron chi connectivity index (χ4n) is 2.77. The topological polar surface area (TPSA) is 97.3 Å². The molecule has 1 saturated heterocycles. The fourth-order valence-corrected chi connectivity index (χ4v) is 2.77. The third kappa shape index (κ3) is 2.82. The normalized spacial score (nSPS) is 22.9. The van der Waals surface area contributed by atoms with Crippen molar-refractivity contribution in [2.45, 2.75) is 25.3 Å². The molecule has 2 aliphatic rings. The van der Waals surface area contributed by atoms with Crippen LogP contribution in [0.3, 0.4) is 0 Å². The fraction of sp³-hybridized carbons (Fsp3) is 0.615. The van der Waals surface area contributed by atoms with Gasteiger partial charge in [0.1, 0.15) is 5.82 Å². The highest BCUT2D eigenvalue weighted by atomic mass is 16.6. The number of hydrogen-bond acceptors (Lipinski definition) is 6. The lowest BCUT2D eigenvalue weighted by molar-refractivity contribution is -0.384. The minimum Gasteiger partial charge on any atom is -0.378 e. The van der Waals surface area contributed by atoms with Crippen molar-refractivity contribution in [2.24, 2.45) is 5.92 Å². The first-order valence-electron chi connectivity index (χ1n) is 7.02. The summed E-state index contributed by atoms with van der Waals surface area (Å²) in [6.45, 7) is 3.17. The molecule has 108 valence electrons. The van der Waals surface area contributed by atoms with Crippen LogP contribution in [0.15, 0.2) is 12.1 Å². The van der Waals surface area contributed by atoms with Crippen LogP contribution in [-0.2, 0) is 0 Å². The molecule has 0 aromatic carbocycles. The first-order chi connectivity index (χ1) is 9.63. The first kappa shape index (κ1) is 13.1. The molecule has 0 radical (unpaired) electrons. The molecule has 1 aliphatic carbocycles. The van der Waals surface area contributed by atoms with E-state index in [0.717, 1.165) is 19.1 Å². The Hall–Kier alpha value is -1.89. The molecule has 7 nitrogen and oxygen atoms in total. The maximum absolute atomic E-state index is 10.7. The molecule has 3 N–H and O–H groups in total. The molecule has 20 heavy (non-hydrogen) atoms. The van der Waals surface area contributed by atoms with E-state index in [1.165, 1.54) is 31.9 Å². The quantitative estimate of drug-likeness (QED) is 0.625. The van der Waals surface area contributed by atoms with Crippen molar-refractivity contribution in [2.75, 3.05) is 30.7 Å². The summed E-state index contributed by atoms with van der Waals surface area (Å²) in [6, 6.07) is 3.84. The average Bonchev–Trinajstić information content (AvgIpc) is 3.15. The summed E-state index contributed by atoms with van der Waals surface area (Å²) in [4.78, 5) is 16.7. The zero-order chi connectivity index (χ0) is 14.1. The van der Waals surface area contributed by atoms with Gasteiger partial charge in [0.05, 0.1) is 4.92 Å². The number of likely N-dealkylation sites (tertiary alicyclic amines) is 1. The second kappa shape index (κ2) is 5.24. The van der Waals surface area contributed by atoms with Gasteiger partial charge in [-0.25, -0.2) is 4.98 Å². The van der Waals surface area contributed by atoms with Crippen LogP contribution in [0.4, 0.5) is 17.3 Å². The number of nitrogens with one attached hydrogen (secondary N) is 1. The summed E-state index contributed by atoms with van der Waals surface area (Å²) in [6.07, 6.45) is 3.90. The van der Waals surface area contributed by atoms with Gasteiger partial charge in [-0.3, -0.25) is 10.1 Å². The van der Waals surface area contributed by atoms with Crippen molar-refractivity contribution >= 4 is 17.3 Å². The van der Waals surface area contributed by atoms with E-state index in [0.29, 0.717) is 11.7 Å². The van der Waals surface area contributed by atoms with Crippen molar-refractivity contribution < 1.29 is 4.92 Å². The van der Waals surface area contributed by atoms with Gasteiger partial charge in [0, 0.05) is 25.2 Å². The number of nitro groups is 1. The van der Waals surface area contributed by atoms with E-state index in [2.05, 4.69) is 15.2 Å². The lowest BCUT2D eigenvalue weighted by Crippen LogP contribution is -2.25. The van der Waals surface area contributed by atoms with Gasteiger partial charge in [-0.05, 0) is 37.8 Å². The van der Waals surface area contributed by atoms with Crippen LogP contribution in [0.25, 0.3) is 0 Å². The molecule has 7 heteroatoms. The summed E-state index contributed by atoms with van der Waals surface area (Å²) in [5.41, 5.74) is 5.43. The lowest BCUT2D eigenvalue weighted by Gasteiger charge is -2.15. The van der Waals surface area contributed by atoms with Crippen molar-refractivity contribution in [1.29, 1.82) is 0 Å². The predicted octanol–water partition coefficient (Wildman–Crippen LogP) is 1.47. The monoisotopic (exact) mass is 277 g/mol. The SMILES string of the molecule is Nc1nc(NCC2CCN(C3CC3)C2)ccc1[N+](=O)[O-]. The van der Waals surface area contributed by atoms with Gasteiger partial charge in [0.2, 0.25) is 5.82 Å². The number of rotatable bonds is 5. The van der Waals surface area contributed by atoms with Crippen molar-refractivity contribution in [3.05, 3.63) is 22.2 Å². The zero-order valence-corrected chi connectivity index (χ0v) is 11.3. The van der Waals surface area contributed by atoms with Gasteiger partial charge >= 0.3 is 5.69 Å². The van der Waals surface area contributed by atoms with Gasteiger partial charge in [0.15, 0.2) is 0 Å². The summed E-state index contributed by atoms with van der Waals surface area (Å²) in [5, 5.41) is 13.9. The standard InChI is InChI=1S/C13H19N5O2/c14-13-11(18(19)20)3-4-12(16-13)15-7-9-5-6-17(8-9)10-1-2-10/h3-4,9-10H,1-2,5-8H2,(H3,14,15,16). The summed E-state index contributed by atoms with van der Waals surface area (Å²) in [5.74, 6) is 1.19. The number of nitrogens with two attached hydrogens (primary N) is 1. The molecule has 1 aromatic heterocycles. The third-order valence-corrected chi connectivity index (χ3v) is 4.05. The second-order valence-electron chi connectivity index (χ2n) is 5.62. The van der Waals surface area contributed by atoms with Gasteiger partial charge in [-0.1, -0.05) is 0 Å². The Labute approximate surface area is 117 Å². The van der Waals surface area contributed by atoms with E-state index in [9.17, 15) is 10.1 Å². The van der Waals surface area contributed by atoms with E-state index < -0.39 is 4.92 Å². The number of hydrogen-bond donors (Lipinski definition) is 2. The molecule has 0 bridgehead atoms. The molecular formula is C13H19N5O2. The van der Waals surface area contributed by atoms with E-state index >= 15 is 0 Å². The third-order valence-electron chi connectivity index (χ3n) is 4.05. The summed E-state index contributed by atoms with van der Waals surface area (Å²) >= 11 is 0. The Kier molecular flexibility index (Phi) is 3.43. The minimum atomic E-state index is -0.517. The van der Waals surface area contributed by atoms with E-state index in [1.54, 1.807) is 6.07 Å². The molecule has 1 saturated carbocycles. The molecule has 1 unspecified atom stereocenters. The summed E-state index contributed by atoms with van der Waals surface area (Å²) in [7, 11) is 0. The molecule has 3 rings (SSSR count). The van der Waals surface area contributed by atoms with Crippen LogP contribution in [-0.4, -0.2) is 40.5 Å². The van der Waals surface area contributed by atoms with Gasteiger partial charge in [0.25, 0.3) is 0 Å². The van der Waals surface area contributed by atoms with Crippen LogP contribution < -0.4 is 11.1 Å². The summed E-state index contributed by atoms with van der Waals surface area (Å²) < 4.78 is 0. The van der Waals surface area contributed by atoms with E-state index in [4.69, 9.17) is 5.73 Å². The highest BCUT2D eigenvalue weighted by molar-refractivity contribution is 5.57. The zero-order valence-electron chi connectivity index (χ0n) is 11.3. The Morgan fingerprint density at radius 2 is 2.25 bits per heavy atom. The van der Waals surface area contributed by atoms with Gasteiger partial charge in [-0.15, -0.1) is 0 Å². The van der Waals surface area contributed by atoms with Crippen molar-refractivity contribution in [3.63, 3.8) is 0 Å². The van der Waals surface area contributed by atoms with Crippen LogP contribution in [0, 0.1) is 16.0 Å². The highest BCUT2D eigenvalue weighted by Crippen LogP contribution is 2.31. The van der Waals surface area contributed by atoms with Crippen molar-refractivity contribution in [3.8, 4) is 0 Å². The maximum atomic E-state index is 10.7. The molecular weight excluding hydrogens is 258 g/mol. The molecule has 0 spiro atoms. The lowest BCUT2D eigenvalue weighted by atomic mass is 10.1. The van der Waals surface area contributed by atoms with Gasteiger partial charge in [-0.2, -0.15) is 0 Å². The number of nitrogen functional groups attached to an aromatic ring is 1. The number of pyridine rings is 1. The van der Waals surface area contributed by atoms with Crippen LogP contribution in [0.1, 0.15) is 19.3 Å². The Balaban J connectivity index is 1.53. The minimum absolute atomic E-state index is 0.0361. The van der Waals surface area contributed by atoms with Crippen LogP contribution >= 0.6 is 0 Å². The number of nitrogens with zero attached hydrogens (tertiary/aromatic N) is 3. The molecule has 0 amide bonds. The largest absolute Gasteiger partial charge is 0.378 e. The molecule has 1 atom stereocenters. The molecule has 2 heterocycles. The number of aromatic nitrogens is 1. The van der Waals surface area contributed by atoms with E-state index in [1.807, 2.05) is 0 Å². The first-order valence-corrected chi connectivity index (χ1v) is 7.02.